The van der Waals surface area contributed by atoms with E-state index in [1.54, 1.807) is 13.1 Å². The summed E-state index contributed by atoms with van der Waals surface area (Å²) in [6, 6.07) is 0. The molecule has 0 aromatic carbocycles. The zero-order chi connectivity index (χ0) is 8.27. The van der Waals surface area contributed by atoms with E-state index in [1.807, 2.05) is 18.1 Å². The van der Waals surface area contributed by atoms with E-state index < -0.39 is 0 Å². The minimum atomic E-state index is -0.204. The highest BCUT2D eigenvalue weighted by atomic mass is 79.9. The Bertz CT molecular complexity index is 184. The standard InChI is InChI=1S/C7H12N2O2.BrH/c1-3-7(10)11-9-5-4-8(2)6-9;/h4-5H,3,6H2,1-2H3;1H. The van der Waals surface area contributed by atoms with Crippen LogP contribution in [0.2, 0.25) is 0 Å². The number of carbonyl (C=O) groups excluding carboxylic acids is 1. The molecule has 1 heterocycles. The highest BCUT2D eigenvalue weighted by molar-refractivity contribution is 8.93. The van der Waals surface area contributed by atoms with E-state index >= 15 is 0 Å². The van der Waals surface area contributed by atoms with Crippen LogP contribution in [0.5, 0.6) is 0 Å². The van der Waals surface area contributed by atoms with Crippen molar-refractivity contribution in [2.45, 2.75) is 13.3 Å². The van der Waals surface area contributed by atoms with Crippen molar-refractivity contribution >= 4 is 23.0 Å². The van der Waals surface area contributed by atoms with Gasteiger partial charge in [0.05, 0.1) is 6.20 Å². The maximum absolute atomic E-state index is 10.8. The number of nitrogens with zero attached hydrogens (tertiary/aromatic N) is 2. The van der Waals surface area contributed by atoms with Crippen LogP contribution in [-0.4, -0.2) is 29.6 Å². The zero-order valence-electron chi connectivity index (χ0n) is 7.19. The van der Waals surface area contributed by atoms with Crippen LogP contribution in [-0.2, 0) is 9.63 Å². The Morgan fingerprint density at radius 1 is 1.58 bits per heavy atom. The summed E-state index contributed by atoms with van der Waals surface area (Å²) >= 11 is 0. The summed E-state index contributed by atoms with van der Waals surface area (Å²) in [4.78, 5) is 17.6. The van der Waals surface area contributed by atoms with Crippen molar-refractivity contribution in [2.75, 3.05) is 13.7 Å². The molecule has 0 spiro atoms. The number of rotatable bonds is 2. The molecular formula is C7H13BrN2O2. The molecule has 4 nitrogen and oxygen atoms in total. The minimum Gasteiger partial charge on any atom is -0.359 e. The van der Waals surface area contributed by atoms with Gasteiger partial charge in [-0.25, -0.2) is 4.79 Å². The Hall–Kier alpha value is -0.710. The predicted octanol–water partition coefficient (Wildman–Crippen LogP) is 1.11. The number of hydroxylamine groups is 2. The lowest BCUT2D eigenvalue weighted by atomic mass is 10.5. The molecule has 0 fully saturated rings. The first-order valence-electron chi connectivity index (χ1n) is 3.58. The van der Waals surface area contributed by atoms with Gasteiger partial charge >= 0.3 is 5.97 Å². The predicted molar refractivity (Wildman–Crippen MR) is 50.3 cm³/mol. The molecule has 0 atom stereocenters. The van der Waals surface area contributed by atoms with Crippen molar-refractivity contribution < 1.29 is 9.63 Å². The molecule has 5 heteroatoms. The van der Waals surface area contributed by atoms with Gasteiger partial charge in [-0.05, 0) is 0 Å². The number of halogens is 1. The molecule has 0 amide bonds. The Balaban J connectivity index is 0.00000121. The van der Waals surface area contributed by atoms with Gasteiger partial charge in [-0.15, -0.1) is 17.0 Å². The average molecular weight is 237 g/mol. The average Bonchev–Trinajstić information content (AvgIpc) is 2.35. The summed E-state index contributed by atoms with van der Waals surface area (Å²) in [7, 11) is 1.91. The van der Waals surface area contributed by atoms with E-state index in [9.17, 15) is 4.79 Å². The highest BCUT2D eigenvalue weighted by Gasteiger charge is 2.11. The molecule has 0 radical (unpaired) electrons. The van der Waals surface area contributed by atoms with Gasteiger partial charge < -0.3 is 9.74 Å². The SMILES string of the molecule is Br.CCC(=O)ON1C=CN(C)C1. The van der Waals surface area contributed by atoms with Crippen LogP contribution in [0.3, 0.4) is 0 Å². The molecule has 0 aromatic heterocycles. The van der Waals surface area contributed by atoms with E-state index in [4.69, 9.17) is 4.84 Å². The normalized spacial score (nSPS) is 14.5. The van der Waals surface area contributed by atoms with Crippen LogP contribution in [0.15, 0.2) is 12.4 Å². The van der Waals surface area contributed by atoms with Crippen molar-refractivity contribution in [3.63, 3.8) is 0 Å². The van der Waals surface area contributed by atoms with Crippen LogP contribution in [0.25, 0.3) is 0 Å². The maximum Gasteiger partial charge on any atom is 0.332 e. The molecule has 0 unspecified atom stereocenters. The van der Waals surface area contributed by atoms with Crippen molar-refractivity contribution in [3.8, 4) is 0 Å². The monoisotopic (exact) mass is 236 g/mol. The first-order chi connectivity index (χ1) is 5.22. The first-order valence-corrected chi connectivity index (χ1v) is 3.58. The van der Waals surface area contributed by atoms with Gasteiger partial charge in [0.1, 0.15) is 6.67 Å². The van der Waals surface area contributed by atoms with E-state index in [1.165, 1.54) is 5.06 Å². The van der Waals surface area contributed by atoms with Gasteiger partial charge in [0, 0.05) is 19.7 Å². The molecule has 0 saturated carbocycles. The highest BCUT2D eigenvalue weighted by Crippen LogP contribution is 2.04. The molecular weight excluding hydrogens is 224 g/mol. The Kier molecular flexibility index (Phi) is 4.73. The third-order valence-corrected chi connectivity index (χ3v) is 1.36. The lowest BCUT2D eigenvalue weighted by Gasteiger charge is -2.16. The second-order valence-corrected chi connectivity index (χ2v) is 2.43. The first kappa shape index (κ1) is 11.3. The van der Waals surface area contributed by atoms with Crippen LogP contribution < -0.4 is 0 Å². The maximum atomic E-state index is 10.8. The molecule has 1 aliphatic heterocycles. The van der Waals surface area contributed by atoms with Gasteiger partial charge in [0.25, 0.3) is 0 Å². The summed E-state index contributed by atoms with van der Waals surface area (Å²) in [5, 5.41) is 1.51. The van der Waals surface area contributed by atoms with Crippen LogP contribution in [0.4, 0.5) is 0 Å². The van der Waals surface area contributed by atoms with Gasteiger partial charge in [-0.3, -0.25) is 0 Å². The quantitative estimate of drug-likeness (QED) is 0.720. The number of hydrogen-bond donors (Lipinski definition) is 0. The number of hydrogen-bond acceptors (Lipinski definition) is 4. The largest absolute Gasteiger partial charge is 0.359 e. The van der Waals surface area contributed by atoms with Gasteiger partial charge in [-0.2, -0.15) is 5.06 Å². The second-order valence-electron chi connectivity index (χ2n) is 2.43. The molecule has 0 aromatic rings. The van der Waals surface area contributed by atoms with Crippen molar-refractivity contribution in [3.05, 3.63) is 12.4 Å². The van der Waals surface area contributed by atoms with Gasteiger partial charge in [0.15, 0.2) is 0 Å². The van der Waals surface area contributed by atoms with Crippen LogP contribution in [0, 0.1) is 0 Å². The zero-order valence-corrected chi connectivity index (χ0v) is 8.90. The van der Waals surface area contributed by atoms with Crippen molar-refractivity contribution in [2.24, 2.45) is 0 Å². The van der Waals surface area contributed by atoms with Crippen LogP contribution in [0.1, 0.15) is 13.3 Å². The molecule has 12 heavy (non-hydrogen) atoms. The second kappa shape index (κ2) is 5.03. The molecule has 0 aliphatic carbocycles. The molecule has 1 aliphatic rings. The summed E-state index contributed by atoms with van der Waals surface area (Å²) in [6.45, 7) is 2.39. The lowest BCUT2D eigenvalue weighted by molar-refractivity contribution is -0.179. The van der Waals surface area contributed by atoms with E-state index in [-0.39, 0.29) is 23.0 Å². The minimum absolute atomic E-state index is 0. The van der Waals surface area contributed by atoms with E-state index in [0.29, 0.717) is 13.1 Å². The lowest BCUT2D eigenvalue weighted by Crippen LogP contribution is -2.25. The Morgan fingerprint density at radius 3 is 2.67 bits per heavy atom. The fourth-order valence-electron chi connectivity index (χ4n) is 0.757. The molecule has 1 rings (SSSR count). The molecule has 0 N–H and O–H groups in total. The molecule has 70 valence electrons. The smallest absolute Gasteiger partial charge is 0.332 e. The van der Waals surface area contributed by atoms with Gasteiger partial charge in [-0.1, -0.05) is 6.92 Å². The summed E-state index contributed by atoms with van der Waals surface area (Å²) < 4.78 is 0. The van der Waals surface area contributed by atoms with E-state index in [2.05, 4.69) is 0 Å². The van der Waals surface area contributed by atoms with Gasteiger partial charge in [0.2, 0.25) is 0 Å². The van der Waals surface area contributed by atoms with Crippen LogP contribution >= 0.6 is 17.0 Å². The summed E-state index contributed by atoms with van der Waals surface area (Å²) in [5.74, 6) is -0.204. The van der Waals surface area contributed by atoms with Crippen molar-refractivity contribution in [1.29, 1.82) is 0 Å². The third kappa shape index (κ3) is 3.13. The third-order valence-electron chi connectivity index (χ3n) is 1.36. The topological polar surface area (TPSA) is 32.8 Å². The summed E-state index contributed by atoms with van der Waals surface area (Å²) in [6.07, 6.45) is 3.99. The Morgan fingerprint density at radius 2 is 2.25 bits per heavy atom. The summed E-state index contributed by atoms with van der Waals surface area (Å²) in [5.41, 5.74) is 0. The fraction of sp³-hybridized carbons (Fsp3) is 0.571. The molecule has 0 saturated heterocycles. The number of carbonyl (C=O) groups is 1. The Labute approximate surface area is 82.5 Å². The fourth-order valence-corrected chi connectivity index (χ4v) is 0.757. The van der Waals surface area contributed by atoms with E-state index in [0.717, 1.165) is 0 Å². The molecule has 0 bridgehead atoms. The van der Waals surface area contributed by atoms with Crippen molar-refractivity contribution in [1.82, 2.24) is 9.96 Å².